The summed E-state index contributed by atoms with van der Waals surface area (Å²) in [5.41, 5.74) is 0. The molecule has 1 aliphatic heterocycles. The molecule has 0 bridgehead atoms. The molecule has 1 N–H and O–H groups in total. The molecule has 0 radical (unpaired) electrons. The van der Waals surface area contributed by atoms with Gasteiger partial charge in [0.15, 0.2) is 0 Å². The van der Waals surface area contributed by atoms with Crippen molar-refractivity contribution in [3.05, 3.63) is 0 Å². The highest BCUT2D eigenvalue weighted by molar-refractivity contribution is 9.09. The van der Waals surface area contributed by atoms with Gasteiger partial charge < -0.3 is 10.1 Å². The van der Waals surface area contributed by atoms with E-state index in [9.17, 15) is 4.79 Å². The average molecular weight is 332 g/mol. The molecular formula is C15H26BrNO2. The first kappa shape index (κ1) is 15.3. The molecule has 1 saturated heterocycles. The molecule has 1 heterocycles. The molecule has 3 atom stereocenters. The van der Waals surface area contributed by atoms with Gasteiger partial charge in [-0.2, -0.15) is 0 Å². The summed E-state index contributed by atoms with van der Waals surface area (Å²) < 4.78 is 5.65. The van der Waals surface area contributed by atoms with E-state index in [0.29, 0.717) is 23.3 Å². The lowest BCUT2D eigenvalue weighted by Gasteiger charge is -2.27. The lowest BCUT2D eigenvalue weighted by molar-refractivity contribution is -0.122. The summed E-state index contributed by atoms with van der Waals surface area (Å²) in [6.45, 7) is 1.71. The molecule has 0 aromatic heterocycles. The summed E-state index contributed by atoms with van der Waals surface area (Å²) in [6, 6.07) is 0. The zero-order valence-electron chi connectivity index (χ0n) is 11.7. The Balaban J connectivity index is 1.58. The maximum Gasteiger partial charge on any atom is 0.220 e. The number of amides is 1. The third-order valence-corrected chi connectivity index (χ3v) is 5.55. The van der Waals surface area contributed by atoms with Crippen molar-refractivity contribution in [1.29, 1.82) is 0 Å². The van der Waals surface area contributed by atoms with Gasteiger partial charge in [0.25, 0.3) is 0 Å². The van der Waals surface area contributed by atoms with Crippen molar-refractivity contribution in [2.45, 2.75) is 68.7 Å². The SMILES string of the molecule is O=C(CCC1CCCCO1)NCC1CCCCC1Br. The van der Waals surface area contributed by atoms with Crippen LogP contribution in [0.4, 0.5) is 0 Å². The Labute approximate surface area is 125 Å². The molecule has 4 heteroatoms. The highest BCUT2D eigenvalue weighted by Gasteiger charge is 2.23. The molecule has 110 valence electrons. The Morgan fingerprint density at radius 3 is 2.68 bits per heavy atom. The Morgan fingerprint density at radius 1 is 1.16 bits per heavy atom. The summed E-state index contributed by atoms with van der Waals surface area (Å²) >= 11 is 3.74. The van der Waals surface area contributed by atoms with Gasteiger partial charge in [-0.3, -0.25) is 4.79 Å². The van der Waals surface area contributed by atoms with Gasteiger partial charge >= 0.3 is 0 Å². The molecule has 1 amide bonds. The molecule has 2 aliphatic rings. The van der Waals surface area contributed by atoms with Crippen LogP contribution < -0.4 is 5.32 Å². The average Bonchev–Trinajstić information content (AvgIpc) is 2.45. The molecule has 0 aromatic carbocycles. The van der Waals surface area contributed by atoms with Crippen LogP contribution in [0.1, 0.15) is 57.8 Å². The summed E-state index contributed by atoms with van der Waals surface area (Å²) in [7, 11) is 0. The number of hydrogen-bond donors (Lipinski definition) is 1. The van der Waals surface area contributed by atoms with Crippen molar-refractivity contribution in [2.24, 2.45) is 5.92 Å². The van der Waals surface area contributed by atoms with Gasteiger partial charge in [0.05, 0.1) is 6.10 Å². The van der Waals surface area contributed by atoms with E-state index in [1.807, 2.05) is 0 Å². The van der Waals surface area contributed by atoms with Crippen molar-refractivity contribution in [2.75, 3.05) is 13.2 Å². The number of ether oxygens (including phenoxy) is 1. The largest absolute Gasteiger partial charge is 0.378 e. The van der Waals surface area contributed by atoms with E-state index in [-0.39, 0.29) is 5.91 Å². The minimum atomic E-state index is 0.194. The summed E-state index contributed by atoms with van der Waals surface area (Å²) in [4.78, 5) is 12.4. The van der Waals surface area contributed by atoms with Crippen LogP contribution in [-0.4, -0.2) is 30.0 Å². The number of carbonyl (C=O) groups is 1. The van der Waals surface area contributed by atoms with Crippen molar-refractivity contribution in [1.82, 2.24) is 5.32 Å². The Kier molecular flexibility index (Phi) is 6.65. The van der Waals surface area contributed by atoms with E-state index < -0.39 is 0 Å². The summed E-state index contributed by atoms with van der Waals surface area (Å²) in [5, 5.41) is 3.10. The predicted octanol–water partition coefficient (Wildman–Crippen LogP) is 3.41. The van der Waals surface area contributed by atoms with E-state index in [4.69, 9.17) is 4.74 Å². The van der Waals surface area contributed by atoms with Crippen molar-refractivity contribution in [3.63, 3.8) is 0 Å². The number of nitrogens with one attached hydrogen (secondary N) is 1. The van der Waals surface area contributed by atoms with Crippen molar-refractivity contribution >= 4 is 21.8 Å². The maximum absolute atomic E-state index is 11.9. The van der Waals surface area contributed by atoms with E-state index in [1.165, 1.54) is 38.5 Å². The van der Waals surface area contributed by atoms with Gasteiger partial charge in [-0.15, -0.1) is 0 Å². The fraction of sp³-hybridized carbons (Fsp3) is 0.933. The van der Waals surface area contributed by atoms with Crippen LogP contribution in [0.5, 0.6) is 0 Å². The second-order valence-electron chi connectivity index (χ2n) is 5.89. The predicted molar refractivity (Wildman–Crippen MR) is 80.5 cm³/mol. The topological polar surface area (TPSA) is 38.3 Å². The molecule has 1 saturated carbocycles. The molecule has 2 fully saturated rings. The maximum atomic E-state index is 11.9. The molecule has 2 rings (SSSR count). The number of hydrogen-bond acceptors (Lipinski definition) is 2. The smallest absolute Gasteiger partial charge is 0.220 e. The Hall–Kier alpha value is -0.0900. The van der Waals surface area contributed by atoms with Crippen LogP contribution in [-0.2, 0) is 9.53 Å². The molecule has 19 heavy (non-hydrogen) atoms. The molecule has 0 aromatic rings. The summed E-state index contributed by atoms with van der Waals surface area (Å²) in [5.74, 6) is 0.808. The fourth-order valence-electron chi connectivity index (χ4n) is 3.05. The lowest BCUT2D eigenvalue weighted by Crippen LogP contribution is -2.35. The first-order chi connectivity index (χ1) is 9.25. The minimum absolute atomic E-state index is 0.194. The zero-order chi connectivity index (χ0) is 13.5. The third-order valence-electron chi connectivity index (χ3n) is 4.35. The highest BCUT2D eigenvalue weighted by atomic mass is 79.9. The van der Waals surface area contributed by atoms with Crippen molar-refractivity contribution in [3.8, 4) is 0 Å². The molecule has 0 spiro atoms. The number of carbonyl (C=O) groups excluding carboxylic acids is 1. The Morgan fingerprint density at radius 2 is 1.95 bits per heavy atom. The van der Waals surface area contributed by atoms with E-state index in [1.54, 1.807) is 0 Å². The number of rotatable bonds is 5. The van der Waals surface area contributed by atoms with Crippen LogP contribution in [0.15, 0.2) is 0 Å². The molecule has 3 nitrogen and oxygen atoms in total. The lowest BCUT2D eigenvalue weighted by atomic mass is 9.89. The van der Waals surface area contributed by atoms with E-state index in [2.05, 4.69) is 21.2 Å². The first-order valence-corrected chi connectivity index (χ1v) is 8.69. The highest BCUT2D eigenvalue weighted by Crippen LogP contribution is 2.29. The van der Waals surface area contributed by atoms with Crippen LogP contribution in [0, 0.1) is 5.92 Å². The number of alkyl halides is 1. The van der Waals surface area contributed by atoms with Crippen LogP contribution in [0.25, 0.3) is 0 Å². The zero-order valence-corrected chi connectivity index (χ0v) is 13.3. The van der Waals surface area contributed by atoms with Gasteiger partial charge in [0, 0.05) is 24.4 Å². The second-order valence-corrected chi connectivity index (χ2v) is 7.07. The quantitative estimate of drug-likeness (QED) is 0.784. The standard InChI is InChI=1S/C15H26BrNO2/c16-14-7-2-1-5-12(14)11-17-15(18)9-8-13-6-3-4-10-19-13/h12-14H,1-11H2,(H,17,18). The molecule has 3 unspecified atom stereocenters. The van der Waals surface area contributed by atoms with Crippen LogP contribution in [0.2, 0.25) is 0 Å². The minimum Gasteiger partial charge on any atom is -0.378 e. The van der Waals surface area contributed by atoms with Crippen molar-refractivity contribution < 1.29 is 9.53 Å². The van der Waals surface area contributed by atoms with Crippen LogP contribution in [0.3, 0.4) is 0 Å². The van der Waals surface area contributed by atoms with Gasteiger partial charge in [-0.05, 0) is 44.4 Å². The molecule has 1 aliphatic carbocycles. The second kappa shape index (κ2) is 8.25. The normalized spacial score (nSPS) is 31.9. The third kappa shape index (κ3) is 5.42. The van der Waals surface area contributed by atoms with Gasteiger partial charge in [0.1, 0.15) is 0 Å². The van der Waals surface area contributed by atoms with E-state index in [0.717, 1.165) is 26.0 Å². The Bertz CT molecular complexity index is 279. The summed E-state index contributed by atoms with van der Waals surface area (Å²) in [6.07, 6.45) is 10.5. The fourth-order valence-corrected chi connectivity index (χ4v) is 3.83. The van der Waals surface area contributed by atoms with Gasteiger partial charge in [-0.1, -0.05) is 28.8 Å². The first-order valence-electron chi connectivity index (χ1n) is 7.78. The van der Waals surface area contributed by atoms with Crippen LogP contribution >= 0.6 is 15.9 Å². The monoisotopic (exact) mass is 331 g/mol. The molecular weight excluding hydrogens is 306 g/mol. The number of halogens is 1. The van der Waals surface area contributed by atoms with E-state index >= 15 is 0 Å². The van der Waals surface area contributed by atoms with Gasteiger partial charge in [0.2, 0.25) is 5.91 Å². The van der Waals surface area contributed by atoms with Gasteiger partial charge in [-0.25, -0.2) is 0 Å².